The van der Waals surface area contributed by atoms with Crippen LogP contribution in [0, 0.1) is 17.8 Å². The molecule has 90 heavy (non-hydrogen) atoms. The summed E-state index contributed by atoms with van der Waals surface area (Å²) in [6.45, 7) is 11.8. The van der Waals surface area contributed by atoms with Crippen molar-refractivity contribution >= 4 is 39.5 Å². The van der Waals surface area contributed by atoms with Crippen molar-refractivity contribution in [1.82, 2.24) is 0 Å². The number of aliphatic hydroxyl groups excluding tert-OH is 1. The summed E-state index contributed by atoms with van der Waals surface area (Å²) in [6, 6.07) is 0. The average molecular weight is 1330 g/mol. The zero-order valence-electron chi connectivity index (χ0n) is 58.6. The minimum Gasteiger partial charge on any atom is -0.462 e. The van der Waals surface area contributed by atoms with Gasteiger partial charge >= 0.3 is 39.5 Å². The summed E-state index contributed by atoms with van der Waals surface area (Å²) in [6.07, 6.45) is 45.9. The van der Waals surface area contributed by atoms with Crippen LogP contribution < -0.4 is 0 Å². The molecule has 0 aromatic heterocycles. The van der Waals surface area contributed by atoms with E-state index < -0.39 is 97.5 Å². The minimum atomic E-state index is -4.95. The van der Waals surface area contributed by atoms with Crippen LogP contribution in [0.25, 0.3) is 0 Å². The Morgan fingerprint density at radius 2 is 0.567 bits per heavy atom. The Bertz CT molecular complexity index is 1770. The molecule has 0 bridgehead atoms. The second-order valence-corrected chi connectivity index (χ2v) is 29.7. The maximum absolute atomic E-state index is 13.0. The molecule has 0 spiro atoms. The molecule has 0 aromatic rings. The Morgan fingerprint density at radius 1 is 0.322 bits per heavy atom. The molecule has 534 valence electrons. The second kappa shape index (κ2) is 61.9. The molecular weight excluding hydrogens is 1190 g/mol. The monoisotopic (exact) mass is 1320 g/mol. The van der Waals surface area contributed by atoms with Crippen molar-refractivity contribution in [3.05, 3.63) is 0 Å². The second-order valence-electron chi connectivity index (χ2n) is 26.8. The van der Waals surface area contributed by atoms with Crippen LogP contribution in [0.4, 0.5) is 0 Å². The van der Waals surface area contributed by atoms with Crippen LogP contribution in [0.2, 0.25) is 0 Å². The summed E-state index contributed by atoms with van der Waals surface area (Å²) in [5.74, 6) is 0.179. The van der Waals surface area contributed by atoms with E-state index in [1.54, 1.807) is 0 Å². The number of carbonyl (C=O) groups is 4. The minimum absolute atomic E-state index is 0.103. The predicted molar refractivity (Wildman–Crippen MR) is 363 cm³/mol. The van der Waals surface area contributed by atoms with Crippen molar-refractivity contribution < 1.29 is 80.2 Å². The number of hydrogen-bond donors (Lipinski definition) is 3. The fourth-order valence-corrected chi connectivity index (χ4v) is 12.3. The van der Waals surface area contributed by atoms with Gasteiger partial charge in [-0.05, 0) is 43.4 Å². The quantitative estimate of drug-likeness (QED) is 0.0222. The van der Waals surface area contributed by atoms with Crippen molar-refractivity contribution in [1.29, 1.82) is 0 Å². The first-order valence-electron chi connectivity index (χ1n) is 36.9. The standard InChI is InChI=1S/C71H138O17P2/c1-8-10-11-12-13-31-38-45-52-68(73)81-58-67(88-71(76)55-48-41-34-27-29-36-43-50-63(5)6)61-86-90(79,80)84-57-65(72)56-83-89(77,78)85-60-66(59-82-69(74)53-46-39-32-25-22-21-24-30-37-44-51-64(7)9-2)87-70(75)54-47-40-33-26-20-18-16-14-15-17-19-23-28-35-42-49-62(3)4/h62-67,72H,8-61H2,1-7H3,(H,77,78)(H,79,80)/t64?,65-,66-,67-/m1/s1. The van der Waals surface area contributed by atoms with Gasteiger partial charge in [0.15, 0.2) is 12.2 Å². The number of esters is 4. The Kier molecular flexibility index (Phi) is 60.6. The highest BCUT2D eigenvalue weighted by molar-refractivity contribution is 7.47. The van der Waals surface area contributed by atoms with E-state index in [9.17, 15) is 43.2 Å². The van der Waals surface area contributed by atoms with Gasteiger partial charge in [-0.3, -0.25) is 37.3 Å². The van der Waals surface area contributed by atoms with E-state index in [1.165, 1.54) is 161 Å². The average Bonchev–Trinajstić information content (AvgIpc) is 2.51. The third-order valence-corrected chi connectivity index (χ3v) is 18.6. The first kappa shape index (κ1) is 88.1. The molecule has 0 rings (SSSR count). The van der Waals surface area contributed by atoms with Crippen LogP contribution >= 0.6 is 15.6 Å². The maximum atomic E-state index is 13.0. The molecule has 17 nitrogen and oxygen atoms in total. The van der Waals surface area contributed by atoms with Crippen LogP contribution in [-0.4, -0.2) is 96.7 Å². The highest BCUT2D eigenvalue weighted by atomic mass is 31.2. The van der Waals surface area contributed by atoms with Crippen LogP contribution in [-0.2, 0) is 65.4 Å². The van der Waals surface area contributed by atoms with Crippen molar-refractivity contribution in [2.45, 2.75) is 375 Å². The fraction of sp³-hybridized carbons (Fsp3) is 0.944. The van der Waals surface area contributed by atoms with Crippen LogP contribution in [0.3, 0.4) is 0 Å². The SMILES string of the molecule is CCCCCCCCCCC(=O)OC[C@H](COP(=O)(O)OC[C@H](O)COP(=O)(O)OC[C@@H](COC(=O)CCCCCCCCCCCCC(C)CC)OC(=O)CCCCCCCCCCCCCCCCCC(C)C)OC(=O)CCCCCCCCCC(C)C. The van der Waals surface area contributed by atoms with Crippen molar-refractivity contribution in [2.24, 2.45) is 17.8 Å². The van der Waals surface area contributed by atoms with Gasteiger partial charge in [-0.1, -0.05) is 305 Å². The predicted octanol–water partition coefficient (Wildman–Crippen LogP) is 20.2. The smallest absolute Gasteiger partial charge is 0.462 e. The number of hydrogen-bond acceptors (Lipinski definition) is 15. The van der Waals surface area contributed by atoms with Gasteiger partial charge in [-0.2, -0.15) is 0 Å². The molecule has 0 aliphatic heterocycles. The maximum Gasteiger partial charge on any atom is 0.472 e. The normalized spacial score (nSPS) is 14.5. The van der Waals surface area contributed by atoms with Crippen molar-refractivity contribution in [3.63, 3.8) is 0 Å². The number of carbonyl (C=O) groups excluding carboxylic acids is 4. The lowest BCUT2D eigenvalue weighted by Gasteiger charge is -2.21. The molecule has 0 saturated carbocycles. The Morgan fingerprint density at radius 3 is 0.844 bits per heavy atom. The third-order valence-electron chi connectivity index (χ3n) is 16.7. The van der Waals surface area contributed by atoms with Gasteiger partial charge in [-0.25, -0.2) is 9.13 Å². The van der Waals surface area contributed by atoms with Gasteiger partial charge in [0.2, 0.25) is 0 Å². The molecule has 0 fully saturated rings. The van der Waals surface area contributed by atoms with E-state index in [2.05, 4.69) is 48.5 Å². The molecule has 0 saturated heterocycles. The lowest BCUT2D eigenvalue weighted by atomic mass is 9.99. The van der Waals surface area contributed by atoms with Crippen LogP contribution in [0.1, 0.15) is 357 Å². The van der Waals surface area contributed by atoms with E-state index in [1.807, 2.05) is 0 Å². The van der Waals surface area contributed by atoms with Gasteiger partial charge in [0.1, 0.15) is 19.3 Å². The van der Waals surface area contributed by atoms with Gasteiger partial charge < -0.3 is 33.8 Å². The van der Waals surface area contributed by atoms with Crippen molar-refractivity contribution in [2.75, 3.05) is 39.6 Å². The number of rotatable bonds is 69. The Labute approximate surface area is 549 Å². The molecule has 3 unspecified atom stereocenters. The number of phosphoric acid groups is 2. The molecule has 0 amide bonds. The first-order chi connectivity index (χ1) is 43.3. The van der Waals surface area contributed by atoms with Gasteiger partial charge in [0.25, 0.3) is 0 Å². The molecule has 3 N–H and O–H groups in total. The molecule has 0 heterocycles. The van der Waals surface area contributed by atoms with E-state index in [0.717, 1.165) is 108 Å². The first-order valence-corrected chi connectivity index (χ1v) is 39.9. The van der Waals surface area contributed by atoms with Crippen LogP contribution in [0.5, 0.6) is 0 Å². The van der Waals surface area contributed by atoms with Gasteiger partial charge in [0, 0.05) is 25.7 Å². The third kappa shape index (κ3) is 63.5. The largest absolute Gasteiger partial charge is 0.472 e. The number of unbranched alkanes of at least 4 members (excludes halogenated alkanes) is 36. The van der Waals surface area contributed by atoms with E-state index in [4.69, 9.17) is 37.0 Å². The summed E-state index contributed by atoms with van der Waals surface area (Å²) in [5, 5.41) is 10.6. The Hall–Kier alpha value is -1.94. The summed E-state index contributed by atoms with van der Waals surface area (Å²) in [7, 11) is -9.90. The fourth-order valence-electron chi connectivity index (χ4n) is 10.7. The molecule has 6 atom stereocenters. The van der Waals surface area contributed by atoms with Crippen LogP contribution in [0.15, 0.2) is 0 Å². The van der Waals surface area contributed by atoms with E-state index in [0.29, 0.717) is 31.6 Å². The molecule has 0 aromatic carbocycles. The number of phosphoric ester groups is 2. The highest BCUT2D eigenvalue weighted by Crippen LogP contribution is 2.45. The molecule has 0 aliphatic rings. The van der Waals surface area contributed by atoms with Crippen molar-refractivity contribution in [3.8, 4) is 0 Å². The summed E-state index contributed by atoms with van der Waals surface area (Å²) in [5.41, 5.74) is 0. The topological polar surface area (TPSA) is 237 Å². The summed E-state index contributed by atoms with van der Waals surface area (Å²) >= 11 is 0. The molecular formula is C71H138O17P2. The number of ether oxygens (including phenoxy) is 4. The zero-order valence-corrected chi connectivity index (χ0v) is 60.4. The van der Waals surface area contributed by atoms with Gasteiger partial charge in [-0.15, -0.1) is 0 Å². The molecule has 19 heteroatoms. The highest BCUT2D eigenvalue weighted by Gasteiger charge is 2.30. The van der Waals surface area contributed by atoms with E-state index >= 15 is 0 Å². The Balaban J connectivity index is 5.21. The molecule has 0 radical (unpaired) electrons. The zero-order chi connectivity index (χ0) is 66.6. The van der Waals surface area contributed by atoms with E-state index in [-0.39, 0.29) is 25.7 Å². The van der Waals surface area contributed by atoms with Gasteiger partial charge in [0.05, 0.1) is 26.4 Å². The lowest BCUT2D eigenvalue weighted by molar-refractivity contribution is -0.161. The summed E-state index contributed by atoms with van der Waals surface area (Å²) < 4.78 is 68.2. The summed E-state index contributed by atoms with van der Waals surface area (Å²) in [4.78, 5) is 72.5. The lowest BCUT2D eigenvalue weighted by Crippen LogP contribution is -2.30. The molecule has 0 aliphatic carbocycles. The number of aliphatic hydroxyl groups is 1.